The van der Waals surface area contributed by atoms with Gasteiger partial charge in [-0.3, -0.25) is 9.48 Å². The lowest BCUT2D eigenvalue weighted by molar-refractivity contribution is -0.153. The van der Waals surface area contributed by atoms with Crippen molar-refractivity contribution >= 4 is 5.91 Å². The van der Waals surface area contributed by atoms with Gasteiger partial charge < -0.3 is 9.64 Å². The average Bonchev–Trinajstić information content (AvgIpc) is 3.15. The number of carbonyl (C=O) groups is 1. The van der Waals surface area contributed by atoms with Crippen LogP contribution in [0.3, 0.4) is 0 Å². The molecule has 4 rings (SSSR count). The van der Waals surface area contributed by atoms with Gasteiger partial charge in [0.25, 0.3) is 0 Å². The van der Waals surface area contributed by atoms with Gasteiger partial charge in [0.15, 0.2) is 0 Å². The molecule has 0 N–H and O–H groups in total. The van der Waals surface area contributed by atoms with Crippen LogP contribution < -0.4 is 0 Å². The van der Waals surface area contributed by atoms with Crippen molar-refractivity contribution in [1.82, 2.24) is 19.9 Å². The Hall–Kier alpha value is -1.43. The first-order chi connectivity index (χ1) is 10.7. The monoisotopic (exact) mass is 304 g/mol. The quantitative estimate of drug-likeness (QED) is 0.779. The minimum atomic E-state index is -0.0136. The third kappa shape index (κ3) is 2.16. The highest BCUT2D eigenvalue weighted by Crippen LogP contribution is 2.39. The van der Waals surface area contributed by atoms with Gasteiger partial charge in [0.2, 0.25) is 5.91 Å². The zero-order valence-electron chi connectivity index (χ0n) is 13.3. The summed E-state index contributed by atoms with van der Waals surface area (Å²) in [4.78, 5) is 15.3. The van der Waals surface area contributed by atoms with Gasteiger partial charge in [-0.2, -0.15) is 0 Å². The third-order valence-electron chi connectivity index (χ3n) is 5.74. The maximum atomic E-state index is 13.2. The lowest BCUT2D eigenvalue weighted by Gasteiger charge is -2.46. The van der Waals surface area contributed by atoms with Crippen molar-refractivity contribution in [3.05, 3.63) is 11.4 Å². The Balaban J connectivity index is 1.55. The molecule has 2 aliphatic carbocycles. The summed E-state index contributed by atoms with van der Waals surface area (Å²) in [6.07, 6.45) is 7.19. The fraction of sp³-hybridized carbons (Fsp3) is 0.812. The molecule has 1 atom stereocenters. The van der Waals surface area contributed by atoms with E-state index in [1.165, 1.54) is 12.8 Å². The second kappa shape index (κ2) is 5.33. The van der Waals surface area contributed by atoms with Gasteiger partial charge in [0.1, 0.15) is 0 Å². The molecule has 0 bridgehead atoms. The zero-order chi connectivity index (χ0) is 15.2. The summed E-state index contributed by atoms with van der Waals surface area (Å²) in [6, 6.07) is 0. The van der Waals surface area contributed by atoms with E-state index in [0.29, 0.717) is 12.5 Å². The van der Waals surface area contributed by atoms with Crippen LogP contribution in [-0.4, -0.2) is 51.1 Å². The van der Waals surface area contributed by atoms with E-state index >= 15 is 0 Å². The Morgan fingerprint density at radius 1 is 1.36 bits per heavy atom. The van der Waals surface area contributed by atoms with Crippen molar-refractivity contribution in [2.75, 3.05) is 19.8 Å². The first-order valence-electron chi connectivity index (χ1n) is 8.46. The van der Waals surface area contributed by atoms with Gasteiger partial charge in [-0.1, -0.05) is 18.1 Å². The second-order valence-electron chi connectivity index (χ2n) is 7.02. The molecule has 6 heteroatoms. The first kappa shape index (κ1) is 14.2. The third-order valence-corrected chi connectivity index (χ3v) is 5.74. The van der Waals surface area contributed by atoms with Crippen molar-refractivity contribution in [2.24, 2.45) is 13.0 Å². The van der Waals surface area contributed by atoms with Crippen LogP contribution in [0.25, 0.3) is 0 Å². The maximum absolute atomic E-state index is 13.2. The van der Waals surface area contributed by atoms with Gasteiger partial charge in [0, 0.05) is 25.9 Å². The standard InChI is InChI=1S/C16H24N4O2/c1-19-14-10-12(4-5-13(14)17-18-19)15(21)20-8-9-22-11-16(20)6-2-3-7-16/h12H,2-11H2,1H3. The van der Waals surface area contributed by atoms with Gasteiger partial charge >= 0.3 is 0 Å². The van der Waals surface area contributed by atoms with Crippen molar-refractivity contribution < 1.29 is 9.53 Å². The minimum absolute atomic E-state index is 0.0136. The van der Waals surface area contributed by atoms with E-state index in [9.17, 15) is 4.79 Å². The van der Waals surface area contributed by atoms with E-state index < -0.39 is 0 Å². The average molecular weight is 304 g/mol. The van der Waals surface area contributed by atoms with Crippen LogP contribution >= 0.6 is 0 Å². The summed E-state index contributed by atoms with van der Waals surface area (Å²) in [5.41, 5.74) is 2.20. The molecule has 1 aromatic rings. The van der Waals surface area contributed by atoms with Crippen LogP contribution in [0, 0.1) is 5.92 Å². The van der Waals surface area contributed by atoms with Crippen LogP contribution in [0.2, 0.25) is 0 Å². The smallest absolute Gasteiger partial charge is 0.226 e. The first-order valence-corrected chi connectivity index (χ1v) is 8.46. The summed E-state index contributed by atoms with van der Waals surface area (Å²) < 4.78 is 7.55. The number of nitrogens with zero attached hydrogens (tertiary/aromatic N) is 4. The Kier molecular flexibility index (Phi) is 3.44. The van der Waals surface area contributed by atoms with Crippen LogP contribution in [0.4, 0.5) is 0 Å². The fourth-order valence-corrected chi connectivity index (χ4v) is 4.47. The molecule has 1 saturated carbocycles. The van der Waals surface area contributed by atoms with Crippen molar-refractivity contribution in [3.63, 3.8) is 0 Å². The molecule has 0 radical (unpaired) electrons. The lowest BCUT2D eigenvalue weighted by Crippen LogP contribution is -2.59. The van der Waals surface area contributed by atoms with E-state index in [1.54, 1.807) is 0 Å². The highest BCUT2D eigenvalue weighted by atomic mass is 16.5. The number of hydrogen-bond donors (Lipinski definition) is 0. The number of aromatic nitrogens is 3. The van der Waals surface area contributed by atoms with Crippen LogP contribution in [0.5, 0.6) is 0 Å². The minimum Gasteiger partial charge on any atom is -0.377 e. The second-order valence-corrected chi connectivity index (χ2v) is 7.02. The summed E-state index contributed by atoms with van der Waals surface area (Å²) in [5.74, 6) is 0.414. The largest absolute Gasteiger partial charge is 0.377 e. The topological polar surface area (TPSA) is 60.2 Å². The van der Waals surface area contributed by atoms with Gasteiger partial charge in [-0.15, -0.1) is 5.10 Å². The lowest BCUT2D eigenvalue weighted by atomic mass is 9.86. The predicted octanol–water partition coefficient (Wildman–Crippen LogP) is 1.09. The molecule has 1 aromatic heterocycles. The number of ether oxygens (including phenoxy) is 1. The molecule has 1 saturated heterocycles. The SMILES string of the molecule is Cn1nnc2c1CC(C(=O)N1CCOCC13CCCC3)CC2. The molecule has 22 heavy (non-hydrogen) atoms. The molecule has 120 valence electrons. The number of morpholine rings is 1. The fourth-order valence-electron chi connectivity index (χ4n) is 4.47. The Labute approximate surface area is 130 Å². The molecule has 1 amide bonds. The number of hydrogen-bond acceptors (Lipinski definition) is 4. The predicted molar refractivity (Wildman–Crippen MR) is 80.2 cm³/mol. The van der Waals surface area contributed by atoms with Gasteiger partial charge in [-0.25, -0.2) is 0 Å². The van der Waals surface area contributed by atoms with E-state index in [4.69, 9.17) is 4.74 Å². The maximum Gasteiger partial charge on any atom is 0.226 e. The molecule has 2 fully saturated rings. The molecular weight excluding hydrogens is 280 g/mol. The van der Waals surface area contributed by atoms with E-state index in [0.717, 1.165) is 56.6 Å². The van der Waals surface area contributed by atoms with Crippen molar-refractivity contribution in [3.8, 4) is 0 Å². The number of rotatable bonds is 1. The number of aryl methyl sites for hydroxylation is 2. The van der Waals surface area contributed by atoms with Gasteiger partial charge in [-0.05, 0) is 25.7 Å². The van der Waals surface area contributed by atoms with Crippen LogP contribution in [-0.2, 0) is 29.4 Å². The molecule has 6 nitrogen and oxygen atoms in total. The summed E-state index contributed by atoms with van der Waals surface area (Å²) >= 11 is 0. The van der Waals surface area contributed by atoms with Crippen molar-refractivity contribution in [2.45, 2.75) is 50.5 Å². The van der Waals surface area contributed by atoms with Crippen LogP contribution in [0.1, 0.15) is 43.5 Å². The number of carbonyl (C=O) groups excluding carboxylic acids is 1. The highest BCUT2D eigenvalue weighted by molar-refractivity contribution is 5.80. The Morgan fingerprint density at radius 2 is 2.18 bits per heavy atom. The Bertz CT molecular complexity index is 577. The summed E-state index contributed by atoms with van der Waals surface area (Å²) in [7, 11) is 1.92. The molecule has 0 aromatic carbocycles. The van der Waals surface area contributed by atoms with Crippen LogP contribution in [0.15, 0.2) is 0 Å². The molecule has 1 unspecified atom stereocenters. The normalized spacial score (nSPS) is 27.1. The number of amides is 1. The summed E-state index contributed by atoms with van der Waals surface area (Å²) in [6.45, 7) is 2.16. The number of fused-ring (bicyclic) bond motifs is 1. The summed E-state index contributed by atoms with van der Waals surface area (Å²) in [5, 5.41) is 8.30. The molecule has 1 aliphatic heterocycles. The van der Waals surface area contributed by atoms with E-state index in [1.807, 2.05) is 11.7 Å². The highest BCUT2D eigenvalue weighted by Gasteiger charge is 2.46. The molecule has 2 heterocycles. The molecule has 1 spiro atoms. The van der Waals surface area contributed by atoms with Gasteiger partial charge in [0.05, 0.1) is 30.1 Å². The molecular formula is C16H24N4O2. The van der Waals surface area contributed by atoms with Crippen molar-refractivity contribution in [1.29, 1.82) is 0 Å². The van der Waals surface area contributed by atoms with E-state index in [2.05, 4.69) is 15.2 Å². The Morgan fingerprint density at radius 3 is 3.00 bits per heavy atom. The van der Waals surface area contributed by atoms with E-state index in [-0.39, 0.29) is 11.5 Å². The molecule has 3 aliphatic rings. The zero-order valence-corrected chi connectivity index (χ0v) is 13.3.